The number of aryl methyl sites for hydroxylation is 2. The number of amides is 2. The van der Waals surface area contributed by atoms with Gasteiger partial charge in [0, 0.05) is 42.2 Å². The lowest BCUT2D eigenvalue weighted by Gasteiger charge is -2.28. The molecule has 0 saturated heterocycles. The first-order chi connectivity index (χ1) is 21.8. The van der Waals surface area contributed by atoms with Crippen LogP contribution in [0.15, 0.2) is 59.6 Å². The summed E-state index contributed by atoms with van der Waals surface area (Å²) in [5.41, 5.74) is 9.78. The minimum Gasteiger partial charge on any atom is -0.419 e. The molecule has 1 fully saturated rings. The lowest BCUT2D eigenvalue weighted by Crippen LogP contribution is -2.35. The van der Waals surface area contributed by atoms with E-state index in [1.165, 1.54) is 23.1 Å². The van der Waals surface area contributed by atoms with Crippen LogP contribution in [0, 0.1) is 19.7 Å². The smallest absolute Gasteiger partial charge is 0.413 e. The highest BCUT2D eigenvalue weighted by Crippen LogP contribution is 2.37. The molecule has 5 N–H and O–H groups in total. The fraction of sp³-hybridized carbons (Fsp3) is 0.303. The van der Waals surface area contributed by atoms with Crippen molar-refractivity contribution < 1.29 is 32.2 Å². The van der Waals surface area contributed by atoms with E-state index in [1.807, 2.05) is 13.8 Å². The van der Waals surface area contributed by atoms with E-state index >= 15 is 0 Å². The summed E-state index contributed by atoms with van der Waals surface area (Å²) in [7, 11) is -2.10. The largest absolute Gasteiger partial charge is 0.419 e. The first-order valence-corrected chi connectivity index (χ1v) is 16.3. The zero-order valence-electron chi connectivity index (χ0n) is 25.5. The Bertz CT molecular complexity index is 1980. The van der Waals surface area contributed by atoms with Crippen molar-refractivity contribution >= 4 is 49.8 Å². The zero-order valence-corrected chi connectivity index (χ0v) is 26.3. The number of nitrogens with one attached hydrogen (secondary N) is 2. The Hall–Kier alpha value is -4.75. The number of carbonyl (C=O) groups excluding carboxylic acids is 2. The van der Waals surface area contributed by atoms with Crippen molar-refractivity contribution in [1.29, 1.82) is 0 Å². The summed E-state index contributed by atoms with van der Waals surface area (Å²) in [6, 6.07) is 11.9. The van der Waals surface area contributed by atoms with Crippen molar-refractivity contribution in [2.24, 2.45) is 0 Å². The summed E-state index contributed by atoms with van der Waals surface area (Å²) >= 11 is 0. The molecule has 3 aromatic carbocycles. The van der Waals surface area contributed by atoms with Gasteiger partial charge in [0.1, 0.15) is 17.7 Å². The summed E-state index contributed by atoms with van der Waals surface area (Å²) in [5, 5.41) is 16.6. The van der Waals surface area contributed by atoms with Crippen LogP contribution in [0.2, 0.25) is 0 Å². The van der Waals surface area contributed by atoms with Crippen LogP contribution in [0.1, 0.15) is 46.7 Å². The minimum atomic E-state index is -3.67. The Morgan fingerprint density at radius 3 is 2.48 bits per heavy atom. The van der Waals surface area contributed by atoms with Gasteiger partial charge in [0.05, 0.1) is 16.3 Å². The quantitative estimate of drug-likeness (QED) is 0.245. The normalized spacial score (nSPS) is 19.2. The highest BCUT2D eigenvalue weighted by Gasteiger charge is 2.38. The maximum absolute atomic E-state index is 14.7. The van der Waals surface area contributed by atoms with E-state index in [9.17, 15) is 27.5 Å². The predicted octanol–water partition coefficient (Wildman–Crippen LogP) is 4.74. The number of fused-ring (bicyclic) bond motifs is 10. The van der Waals surface area contributed by atoms with Gasteiger partial charge in [0.15, 0.2) is 9.84 Å². The second kappa shape index (κ2) is 11.9. The zero-order chi connectivity index (χ0) is 32.9. The SMILES string of the molecule is Cc1cc2cc(C)c1CC(O)OC(=O)Nc1ccc(S(=O)(=O)C3CC3)c(c1)CN(C)C(=O)[C@@H]2Nc1ccc2c(N)ncc(F)c2c1. The van der Waals surface area contributed by atoms with Crippen molar-refractivity contribution in [3.05, 3.63) is 88.4 Å². The van der Waals surface area contributed by atoms with Crippen LogP contribution in [0.3, 0.4) is 0 Å². The number of rotatable bonds is 4. The van der Waals surface area contributed by atoms with E-state index in [4.69, 9.17) is 10.5 Å². The number of sulfone groups is 1. The lowest BCUT2D eigenvalue weighted by atomic mass is 9.93. The highest BCUT2D eigenvalue weighted by atomic mass is 32.2. The molecule has 4 aromatic rings. The summed E-state index contributed by atoms with van der Waals surface area (Å²) in [6.07, 6.45) is -0.236. The van der Waals surface area contributed by atoms with E-state index in [0.29, 0.717) is 35.0 Å². The molecule has 1 unspecified atom stereocenters. The van der Waals surface area contributed by atoms with Crippen LogP contribution in [-0.2, 0) is 32.3 Å². The van der Waals surface area contributed by atoms with Crippen molar-refractivity contribution in [2.75, 3.05) is 23.4 Å². The van der Waals surface area contributed by atoms with Crippen LogP contribution in [0.25, 0.3) is 10.8 Å². The van der Waals surface area contributed by atoms with Crippen LogP contribution in [0.5, 0.6) is 0 Å². The molecular formula is C33H34FN5O6S. The topological polar surface area (TPSA) is 164 Å². The molecule has 3 aliphatic rings. The second-order valence-electron chi connectivity index (χ2n) is 11.9. The molecule has 2 aliphatic heterocycles. The molecule has 3 heterocycles. The third kappa shape index (κ3) is 6.07. The Balaban J connectivity index is 1.46. The van der Waals surface area contributed by atoms with Gasteiger partial charge in [0.25, 0.3) is 0 Å². The number of aliphatic hydroxyl groups is 1. The third-order valence-corrected chi connectivity index (χ3v) is 10.8. The van der Waals surface area contributed by atoms with Gasteiger partial charge >= 0.3 is 6.09 Å². The molecule has 1 aliphatic carbocycles. The van der Waals surface area contributed by atoms with E-state index in [-0.39, 0.29) is 40.7 Å². The van der Waals surface area contributed by atoms with Gasteiger partial charge in [-0.05, 0) is 90.9 Å². The van der Waals surface area contributed by atoms with Crippen LogP contribution in [-0.4, -0.2) is 54.0 Å². The molecule has 2 amide bonds. The molecule has 13 heteroatoms. The fourth-order valence-corrected chi connectivity index (χ4v) is 7.81. The third-order valence-electron chi connectivity index (χ3n) is 8.46. The number of benzene rings is 3. The number of aromatic nitrogens is 1. The average molecular weight is 648 g/mol. The van der Waals surface area contributed by atoms with Crippen LogP contribution >= 0.6 is 0 Å². The van der Waals surface area contributed by atoms with Crippen molar-refractivity contribution in [1.82, 2.24) is 9.88 Å². The standard InChI is InChI=1S/C33H34FN5O6S/c1-17-10-19-11-18(2)25(17)14-29(40)45-33(42)38-21-5-9-28(46(43,44)23-6-7-23)20(12-21)16-39(3)32(41)30(19)37-22-4-8-24-26(13-22)27(34)15-36-31(24)35/h4-5,8-13,15,23,29-30,37,40H,6-7,14,16H2,1-3H3,(H2,35,36)(H,38,42)/t29?,30-/m1/s1. The van der Waals surface area contributed by atoms with Crippen molar-refractivity contribution in [2.45, 2.75) is 62.1 Å². The monoisotopic (exact) mass is 647 g/mol. The molecule has 46 heavy (non-hydrogen) atoms. The van der Waals surface area contributed by atoms with E-state index in [2.05, 4.69) is 15.6 Å². The molecule has 4 bridgehead atoms. The number of nitrogen functional groups attached to an aromatic ring is 1. The molecule has 0 radical (unpaired) electrons. The van der Waals surface area contributed by atoms with Gasteiger partial charge in [0.2, 0.25) is 12.2 Å². The Morgan fingerprint density at radius 1 is 1.07 bits per heavy atom. The fourth-order valence-electron chi connectivity index (χ4n) is 5.95. The molecule has 1 aromatic heterocycles. The van der Waals surface area contributed by atoms with Crippen LogP contribution in [0.4, 0.5) is 26.4 Å². The second-order valence-corrected chi connectivity index (χ2v) is 14.1. The molecule has 0 spiro atoms. The van der Waals surface area contributed by atoms with Crippen LogP contribution < -0.4 is 16.4 Å². The minimum absolute atomic E-state index is 0.000536. The summed E-state index contributed by atoms with van der Waals surface area (Å²) in [5.74, 6) is -0.782. The Labute approximate surface area is 265 Å². The van der Waals surface area contributed by atoms with Gasteiger partial charge in [-0.2, -0.15) is 0 Å². The lowest BCUT2D eigenvalue weighted by molar-refractivity contribution is -0.131. The van der Waals surface area contributed by atoms with Gasteiger partial charge in [-0.3, -0.25) is 10.1 Å². The summed E-state index contributed by atoms with van der Waals surface area (Å²) in [4.78, 5) is 32.3. The molecule has 240 valence electrons. The number of nitrogens with zero attached hydrogens (tertiary/aromatic N) is 2. The number of hydrogen-bond acceptors (Lipinski definition) is 9. The number of likely N-dealkylation sites (N-methyl/N-ethyl adjacent to an activating group) is 1. The molecule has 11 nitrogen and oxygen atoms in total. The average Bonchev–Trinajstić information content (AvgIpc) is 3.85. The molecular weight excluding hydrogens is 613 g/mol. The maximum Gasteiger partial charge on any atom is 0.413 e. The maximum atomic E-state index is 14.7. The molecule has 2 atom stereocenters. The molecule has 1 saturated carbocycles. The Kier molecular flexibility index (Phi) is 8.07. The Morgan fingerprint density at radius 2 is 1.78 bits per heavy atom. The number of aliphatic hydroxyl groups excluding tert-OH is 1. The van der Waals surface area contributed by atoms with Gasteiger partial charge in [-0.15, -0.1) is 0 Å². The first kappa shape index (κ1) is 31.2. The van der Waals surface area contributed by atoms with Gasteiger partial charge in [-0.1, -0.05) is 12.1 Å². The predicted molar refractivity (Wildman–Crippen MR) is 171 cm³/mol. The number of nitrogens with two attached hydrogens (primary N) is 1. The van der Waals surface area contributed by atoms with E-state index in [0.717, 1.165) is 22.9 Å². The number of anilines is 3. The number of pyridine rings is 1. The number of carbonyl (C=O) groups is 2. The number of hydrogen-bond donors (Lipinski definition) is 4. The van der Waals surface area contributed by atoms with Gasteiger partial charge < -0.3 is 25.8 Å². The van der Waals surface area contributed by atoms with Gasteiger partial charge in [-0.25, -0.2) is 22.6 Å². The summed E-state index contributed by atoms with van der Waals surface area (Å²) in [6.45, 7) is 3.55. The number of ether oxygens (including phenoxy) is 1. The molecule has 7 rings (SSSR count). The van der Waals surface area contributed by atoms with E-state index < -0.39 is 39.3 Å². The van der Waals surface area contributed by atoms with Crippen molar-refractivity contribution in [3.8, 4) is 0 Å². The summed E-state index contributed by atoms with van der Waals surface area (Å²) < 4.78 is 46.7. The number of halogens is 1. The highest BCUT2D eigenvalue weighted by molar-refractivity contribution is 7.92. The first-order valence-electron chi connectivity index (χ1n) is 14.8. The van der Waals surface area contributed by atoms with E-state index in [1.54, 1.807) is 37.4 Å². The van der Waals surface area contributed by atoms with Crippen molar-refractivity contribution in [3.63, 3.8) is 0 Å².